The van der Waals surface area contributed by atoms with Gasteiger partial charge in [0.25, 0.3) is 0 Å². The lowest BCUT2D eigenvalue weighted by Crippen LogP contribution is -2.49. The van der Waals surface area contributed by atoms with Gasteiger partial charge in [-0.3, -0.25) is 19.4 Å². The zero-order chi connectivity index (χ0) is 20.6. The van der Waals surface area contributed by atoms with Crippen LogP contribution < -0.4 is 10.6 Å². The number of nitrogens with one attached hydrogen (secondary N) is 2. The number of hydrogen-bond donors (Lipinski definition) is 2. The van der Waals surface area contributed by atoms with Gasteiger partial charge in [-0.05, 0) is 46.1 Å². The SMILES string of the molecule is Cc1ccccc1CN1CCN(CC(=O)NCC(=O)Nc2ccccc2Br)CC1. The normalized spacial score (nSPS) is 15.1. The number of para-hydroxylation sites is 1. The summed E-state index contributed by atoms with van der Waals surface area (Å²) in [4.78, 5) is 28.8. The van der Waals surface area contributed by atoms with Crippen LogP contribution in [-0.2, 0) is 16.1 Å². The topological polar surface area (TPSA) is 64.7 Å². The van der Waals surface area contributed by atoms with Gasteiger partial charge in [0.1, 0.15) is 0 Å². The first kappa shape index (κ1) is 21.5. The average molecular weight is 459 g/mol. The zero-order valence-electron chi connectivity index (χ0n) is 16.7. The van der Waals surface area contributed by atoms with E-state index in [9.17, 15) is 9.59 Å². The first-order chi connectivity index (χ1) is 14.0. The summed E-state index contributed by atoms with van der Waals surface area (Å²) < 4.78 is 0.809. The van der Waals surface area contributed by atoms with Crippen LogP contribution in [0.4, 0.5) is 5.69 Å². The van der Waals surface area contributed by atoms with Gasteiger partial charge in [-0.25, -0.2) is 0 Å². The Kier molecular flexibility index (Phi) is 7.80. The van der Waals surface area contributed by atoms with Crippen molar-refractivity contribution in [3.8, 4) is 0 Å². The fraction of sp³-hybridized carbons (Fsp3) is 0.364. The Labute approximate surface area is 180 Å². The van der Waals surface area contributed by atoms with Crippen LogP contribution in [-0.4, -0.2) is 60.9 Å². The quantitative estimate of drug-likeness (QED) is 0.669. The number of halogens is 1. The lowest BCUT2D eigenvalue weighted by Gasteiger charge is -2.34. The Bertz CT molecular complexity index is 850. The Morgan fingerprint density at radius 2 is 1.59 bits per heavy atom. The summed E-state index contributed by atoms with van der Waals surface area (Å²) in [6.07, 6.45) is 0. The van der Waals surface area contributed by atoms with E-state index < -0.39 is 0 Å². The summed E-state index contributed by atoms with van der Waals surface area (Å²) in [6, 6.07) is 15.8. The van der Waals surface area contributed by atoms with Gasteiger partial charge in [-0.15, -0.1) is 0 Å². The lowest BCUT2D eigenvalue weighted by atomic mass is 10.1. The van der Waals surface area contributed by atoms with Crippen LogP contribution in [0.2, 0.25) is 0 Å². The monoisotopic (exact) mass is 458 g/mol. The number of benzene rings is 2. The molecular weight excluding hydrogens is 432 g/mol. The highest BCUT2D eigenvalue weighted by molar-refractivity contribution is 9.10. The minimum absolute atomic E-state index is 0.0343. The minimum atomic E-state index is -0.242. The molecule has 1 saturated heterocycles. The highest BCUT2D eigenvalue weighted by Crippen LogP contribution is 2.20. The molecule has 29 heavy (non-hydrogen) atoms. The van der Waals surface area contributed by atoms with Crippen molar-refractivity contribution in [1.82, 2.24) is 15.1 Å². The molecule has 1 aliphatic heterocycles. The highest BCUT2D eigenvalue weighted by Gasteiger charge is 2.19. The molecule has 0 aliphatic carbocycles. The van der Waals surface area contributed by atoms with Crippen molar-refractivity contribution < 1.29 is 9.59 Å². The first-order valence-corrected chi connectivity index (χ1v) is 10.6. The summed E-state index contributed by atoms with van der Waals surface area (Å²) in [7, 11) is 0. The molecule has 154 valence electrons. The summed E-state index contributed by atoms with van der Waals surface area (Å²) in [5, 5.41) is 5.49. The van der Waals surface area contributed by atoms with Gasteiger partial charge < -0.3 is 10.6 Å². The lowest BCUT2D eigenvalue weighted by molar-refractivity contribution is -0.125. The van der Waals surface area contributed by atoms with E-state index in [1.165, 1.54) is 11.1 Å². The Balaban J connectivity index is 1.36. The van der Waals surface area contributed by atoms with Gasteiger partial charge >= 0.3 is 0 Å². The number of amides is 2. The second-order valence-electron chi connectivity index (χ2n) is 7.28. The molecule has 0 spiro atoms. The van der Waals surface area contributed by atoms with E-state index in [2.05, 4.69) is 67.6 Å². The number of carbonyl (C=O) groups is 2. The average Bonchev–Trinajstić information content (AvgIpc) is 2.71. The van der Waals surface area contributed by atoms with E-state index in [4.69, 9.17) is 0 Å². The molecular formula is C22H27BrN4O2. The molecule has 3 rings (SSSR count). The van der Waals surface area contributed by atoms with E-state index in [0.717, 1.165) is 37.2 Å². The number of nitrogens with zero attached hydrogens (tertiary/aromatic N) is 2. The Morgan fingerprint density at radius 1 is 0.931 bits per heavy atom. The second kappa shape index (κ2) is 10.5. The molecule has 2 N–H and O–H groups in total. The van der Waals surface area contributed by atoms with Gasteiger partial charge in [0.2, 0.25) is 11.8 Å². The number of carbonyl (C=O) groups excluding carboxylic acids is 2. The molecule has 0 radical (unpaired) electrons. The van der Waals surface area contributed by atoms with Crippen molar-refractivity contribution in [3.63, 3.8) is 0 Å². The third kappa shape index (κ3) is 6.66. The maximum Gasteiger partial charge on any atom is 0.243 e. The van der Waals surface area contributed by atoms with Gasteiger partial charge in [-0.2, -0.15) is 0 Å². The molecule has 1 aliphatic rings. The number of aryl methyl sites for hydroxylation is 1. The maximum absolute atomic E-state index is 12.2. The van der Waals surface area contributed by atoms with Crippen LogP contribution in [0.5, 0.6) is 0 Å². The molecule has 2 aromatic rings. The standard InChI is InChI=1S/C22H27BrN4O2/c1-17-6-2-3-7-18(17)15-26-10-12-27(13-11-26)16-22(29)24-14-21(28)25-20-9-5-4-8-19(20)23/h2-9H,10-16H2,1H3,(H,24,29)(H,25,28). The van der Waals surface area contributed by atoms with Gasteiger partial charge in [0, 0.05) is 37.2 Å². The third-order valence-electron chi connectivity index (χ3n) is 5.08. The van der Waals surface area contributed by atoms with E-state index in [-0.39, 0.29) is 18.4 Å². The number of rotatable bonds is 7. The highest BCUT2D eigenvalue weighted by atomic mass is 79.9. The molecule has 0 aromatic heterocycles. The molecule has 6 nitrogen and oxygen atoms in total. The molecule has 1 fully saturated rings. The third-order valence-corrected chi connectivity index (χ3v) is 5.77. The van der Waals surface area contributed by atoms with Crippen molar-refractivity contribution in [1.29, 1.82) is 0 Å². The zero-order valence-corrected chi connectivity index (χ0v) is 18.2. The van der Waals surface area contributed by atoms with Gasteiger partial charge in [0.05, 0.1) is 18.8 Å². The Hall–Kier alpha value is -2.22. The van der Waals surface area contributed by atoms with E-state index in [1.54, 1.807) is 6.07 Å². The van der Waals surface area contributed by atoms with Gasteiger partial charge in [0.15, 0.2) is 0 Å². The fourth-order valence-electron chi connectivity index (χ4n) is 3.33. The molecule has 1 heterocycles. The van der Waals surface area contributed by atoms with Crippen LogP contribution in [0, 0.1) is 6.92 Å². The summed E-state index contributed by atoms with van der Waals surface area (Å²) in [6.45, 7) is 6.94. The van der Waals surface area contributed by atoms with Crippen molar-refractivity contribution in [2.45, 2.75) is 13.5 Å². The fourth-order valence-corrected chi connectivity index (χ4v) is 3.71. The van der Waals surface area contributed by atoms with Gasteiger partial charge in [-0.1, -0.05) is 36.4 Å². The molecule has 0 unspecified atom stereocenters. The summed E-state index contributed by atoms with van der Waals surface area (Å²) in [5.41, 5.74) is 3.36. The molecule has 0 saturated carbocycles. The van der Waals surface area contributed by atoms with Crippen molar-refractivity contribution in [2.24, 2.45) is 0 Å². The first-order valence-electron chi connectivity index (χ1n) is 9.81. The van der Waals surface area contributed by atoms with Crippen LogP contribution in [0.3, 0.4) is 0 Å². The van der Waals surface area contributed by atoms with E-state index in [0.29, 0.717) is 12.2 Å². The molecule has 2 amide bonds. The number of hydrogen-bond acceptors (Lipinski definition) is 4. The predicted octanol–water partition coefficient (Wildman–Crippen LogP) is 2.63. The Morgan fingerprint density at radius 3 is 2.31 bits per heavy atom. The van der Waals surface area contributed by atoms with E-state index in [1.807, 2.05) is 18.2 Å². The van der Waals surface area contributed by atoms with E-state index >= 15 is 0 Å². The van der Waals surface area contributed by atoms with Crippen LogP contribution in [0.1, 0.15) is 11.1 Å². The number of anilines is 1. The smallest absolute Gasteiger partial charge is 0.243 e. The largest absolute Gasteiger partial charge is 0.346 e. The maximum atomic E-state index is 12.2. The predicted molar refractivity (Wildman–Crippen MR) is 119 cm³/mol. The molecule has 7 heteroatoms. The molecule has 2 aromatic carbocycles. The molecule has 0 bridgehead atoms. The second-order valence-corrected chi connectivity index (χ2v) is 8.14. The number of piperazine rings is 1. The van der Waals surface area contributed by atoms with Crippen LogP contribution >= 0.6 is 15.9 Å². The van der Waals surface area contributed by atoms with Crippen molar-refractivity contribution in [2.75, 3.05) is 44.6 Å². The van der Waals surface area contributed by atoms with Crippen LogP contribution in [0.15, 0.2) is 53.0 Å². The van der Waals surface area contributed by atoms with Crippen molar-refractivity contribution in [3.05, 3.63) is 64.1 Å². The van der Waals surface area contributed by atoms with Crippen molar-refractivity contribution >= 4 is 33.4 Å². The summed E-state index contributed by atoms with van der Waals surface area (Å²) >= 11 is 3.39. The minimum Gasteiger partial charge on any atom is -0.346 e. The van der Waals surface area contributed by atoms with Crippen LogP contribution in [0.25, 0.3) is 0 Å². The summed E-state index contributed by atoms with van der Waals surface area (Å²) in [5.74, 6) is -0.368. The molecule has 0 atom stereocenters.